The maximum Gasteiger partial charge on any atom is 0.271 e. The molecule has 1 aliphatic heterocycles. The highest BCUT2D eigenvalue weighted by Gasteiger charge is 2.19. The number of aromatic nitrogens is 2. The Morgan fingerprint density at radius 2 is 2.10 bits per heavy atom. The summed E-state index contributed by atoms with van der Waals surface area (Å²) < 4.78 is 2.01. The predicted molar refractivity (Wildman–Crippen MR) is 78.0 cm³/mol. The molecule has 2 aromatic heterocycles. The van der Waals surface area contributed by atoms with E-state index in [1.807, 2.05) is 23.4 Å². The number of carbonyl (C=O) groups is 1. The molecule has 1 amide bonds. The summed E-state index contributed by atoms with van der Waals surface area (Å²) in [4.78, 5) is 32.6. The summed E-state index contributed by atoms with van der Waals surface area (Å²) >= 11 is 1.36. The van der Waals surface area contributed by atoms with Crippen molar-refractivity contribution in [2.24, 2.45) is 0 Å². The maximum absolute atomic E-state index is 12.2. The zero-order valence-corrected chi connectivity index (χ0v) is 12.1. The average molecular weight is 292 g/mol. The summed E-state index contributed by atoms with van der Waals surface area (Å²) in [5.74, 6) is -0.0158. The van der Waals surface area contributed by atoms with Crippen LogP contribution in [0.1, 0.15) is 0 Å². The minimum Gasteiger partial charge on any atom is -0.339 e. The lowest BCUT2D eigenvalue weighted by Gasteiger charge is -2.32. The second-order valence-corrected chi connectivity index (χ2v) is 5.91. The Morgan fingerprint density at radius 3 is 2.85 bits per heavy atom. The van der Waals surface area contributed by atoms with Crippen molar-refractivity contribution in [1.82, 2.24) is 19.4 Å². The minimum absolute atomic E-state index is 0.0158. The number of fused-ring (bicyclic) bond motifs is 1. The molecule has 0 spiro atoms. The fraction of sp³-hybridized carbons (Fsp3) is 0.462. The van der Waals surface area contributed by atoms with E-state index in [-0.39, 0.29) is 18.0 Å². The number of thiophene rings is 1. The first-order valence-corrected chi connectivity index (χ1v) is 7.42. The fourth-order valence-electron chi connectivity index (χ4n) is 2.29. The zero-order valence-electron chi connectivity index (χ0n) is 11.3. The van der Waals surface area contributed by atoms with Crippen LogP contribution in [0.4, 0.5) is 0 Å². The molecule has 7 heteroatoms. The molecule has 0 aromatic carbocycles. The van der Waals surface area contributed by atoms with Gasteiger partial charge in [0.1, 0.15) is 11.2 Å². The highest BCUT2D eigenvalue weighted by molar-refractivity contribution is 7.17. The topological polar surface area (TPSA) is 58.4 Å². The van der Waals surface area contributed by atoms with Crippen LogP contribution in [0.25, 0.3) is 10.2 Å². The number of nitrogens with zero attached hydrogens (tertiary/aromatic N) is 4. The molecule has 2 aromatic rings. The lowest BCUT2D eigenvalue weighted by molar-refractivity contribution is -0.133. The molecule has 0 saturated carbocycles. The smallest absolute Gasteiger partial charge is 0.271 e. The van der Waals surface area contributed by atoms with E-state index in [4.69, 9.17) is 0 Å². The van der Waals surface area contributed by atoms with Gasteiger partial charge < -0.3 is 9.80 Å². The van der Waals surface area contributed by atoms with E-state index >= 15 is 0 Å². The molecule has 1 fully saturated rings. The van der Waals surface area contributed by atoms with E-state index in [2.05, 4.69) is 9.88 Å². The van der Waals surface area contributed by atoms with E-state index < -0.39 is 0 Å². The number of likely N-dealkylation sites (N-methyl/N-ethyl adjacent to an activating group) is 1. The first kappa shape index (κ1) is 13.3. The van der Waals surface area contributed by atoms with Gasteiger partial charge in [-0.1, -0.05) is 0 Å². The van der Waals surface area contributed by atoms with Gasteiger partial charge in [0.15, 0.2) is 0 Å². The van der Waals surface area contributed by atoms with Crippen LogP contribution in [0.5, 0.6) is 0 Å². The highest BCUT2D eigenvalue weighted by atomic mass is 32.1. The monoisotopic (exact) mass is 292 g/mol. The van der Waals surface area contributed by atoms with Crippen LogP contribution in [0.3, 0.4) is 0 Å². The van der Waals surface area contributed by atoms with Crippen LogP contribution in [-0.4, -0.2) is 58.5 Å². The van der Waals surface area contributed by atoms with Gasteiger partial charge in [-0.05, 0) is 18.5 Å². The van der Waals surface area contributed by atoms with E-state index in [1.165, 1.54) is 22.2 Å². The van der Waals surface area contributed by atoms with Crippen molar-refractivity contribution in [2.75, 3.05) is 33.2 Å². The van der Waals surface area contributed by atoms with Gasteiger partial charge in [0, 0.05) is 26.2 Å². The van der Waals surface area contributed by atoms with Gasteiger partial charge in [-0.3, -0.25) is 14.2 Å². The molecule has 6 nitrogen and oxygen atoms in total. The molecule has 0 bridgehead atoms. The van der Waals surface area contributed by atoms with Gasteiger partial charge in [-0.15, -0.1) is 11.3 Å². The molecular weight excluding hydrogens is 276 g/mol. The van der Waals surface area contributed by atoms with Crippen LogP contribution in [0.15, 0.2) is 22.6 Å². The number of rotatable bonds is 2. The fourth-order valence-corrected chi connectivity index (χ4v) is 3.09. The van der Waals surface area contributed by atoms with E-state index in [0.29, 0.717) is 10.2 Å². The van der Waals surface area contributed by atoms with Gasteiger partial charge in [0.2, 0.25) is 5.91 Å². The second kappa shape index (κ2) is 5.34. The van der Waals surface area contributed by atoms with Crippen molar-refractivity contribution in [3.05, 3.63) is 28.1 Å². The first-order chi connectivity index (χ1) is 9.65. The summed E-state index contributed by atoms with van der Waals surface area (Å²) in [6.45, 7) is 3.27. The lowest BCUT2D eigenvalue weighted by Crippen LogP contribution is -2.48. The van der Waals surface area contributed by atoms with Crippen molar-refractivity contribution in [3.8, 4) is 0 Å². The van der Waals surface area contributed by atoms with Gasteiger partial charge in [0.05, 0.1) is 11.8 Å². The van der Waals surface area contributed by atoms with Crippen molar-refractivity contribution in [2.45, 2.75) is 6.54 Å². The van der Waals surface area contributed by atoms with E-state index in [0.717, 1.165) is 26.2 Å². The molecule has 3 heterocycles. The van der Waals surface area contributed by atoms with Crippen LogP contribution < -0.4 is 5.56 Å². The van der Waals surface area contributed by atoms with Crippen LogP contribution in [-0.2, 0) is 11.3 Å². The highest BCUT2D eigenvalue weighted by Crippen LogP contribution is 2.13. The average Bonchev–Trinajstić information content (AvgIpc) is 2.92. The number of piperazine rings is 1. The Morgan fingerprint density at radius 1 is 1.35 bits per heavy atom. The van der Waals surface area contributed by atoms with Gasteiger partial charge in [0.25, 0.3) is 5.56 Å². The molecular formula is C13H16N4O2S. The summed E-state index contributed by atoms with van der Waals surface area (Å²) in [5.41, 5.74) is 0.566. The quantitative estimate of drug-likeness (QED) is 0.795. The molecule has 1 aliphatic rings. The van der Waals surface area contributed by atoms with E-state index in [1.54, 1.807) is 0 Å². The van der Waals surface area contributed by atoms with Crippen molar-refractivity contribution >= 4 is 27.5 Å². The Hall–Kier alpha value is -1.73. The minimum atomic E-state index is -0.132. The number of hydrogen-bond acceptors (Lipinski definition) is 5. The molecule has 0 unspecified atom stereocenters. The number of amides is 1. The summed E-state index contributed by atoms with van der Waals surface area (Å²) in [6, 6.07) is 1.81. The first-order valence-electron chi connectivity index (χ1n) is 6.54. The summed E-state index contributed by atoms with van der Waals surface area (Å²) in [6.07, 6.45) is 1.46. The van der Waals surface area contributed by atoms with Gasteiger partial charge in [-0.2, -0.15) is 0 Å². The third-order valence-corrected chi connectivity index (χ3v) is 4.49. The van der Waals surface area contributed by atoms with Crippen LogP contribution >= 0.6 is 11.3 Å². The Labute approximate surface area is 120 Å². The SMILES string of the molecule is CN1CCN(C(=O)Cn2cnc3ccsc3c2=O)CC1. The van der Waals surface area contributed by atoms with Crippen molar-refractivity contribution in [1.29, 1.82) is 0 Å². The Balaban J connectivity index is 1.77. The normalized spacial score (nSPS) is 16.8. The summed E-state index contributed by atoms with van der Waals surface area (Å²) in [7, 11) is 2.04. The molecule has 3 rings (SSSR count). The summed E-state index contributed by atoms with van der Waals surface area (Å²) in [5, 5.41) is 1.84. The van der Waals surface area contributed by atoms with Crippen molar-refractivity contribution in [3.63, 3.8) is 0 Å². The predicted octanol–water partition coefficient (Wildman–Crippen LogP) is 0.232. The zero-order chi connectivity index (χ0) is 14.1. The second-order valence-electron chi connectivity index (χ2n) is 5.00. The maximum atomic E-state index is 12.2. The third-order valence-electron chi connectivity index (χ3n) is 3.60. The largest absolute Gasteiger partial charge is 0.339 e. The standard InChI is InChI=1S/C13H16N4O2S/c1-15-3-5-16(6-4-15)11(18)8-17-9-14-10-2-7-20-12(10)13(17)19/h2,7,9H,3-6,8H2,1H3. The van der Waals surface area contributed by atoms with Gasteiger partial charge in [-0.25, -0.2) is 4.98 Å². The molecule has 20 heavy (non-hydrogen) atoms. The molecule has 1 saturated heterocycles. The molecule has 0 N–H and O–H groups in total. The van der Waals surface area contributed by atoms with Crippen LogP contribution in [0.2, 0.25) is 0 Å². The third kappa shape index (κ3) is 2.46. The lowest BCUT2D eigenvalue weighted by atomic mass is 10.3. The Kier molecular flexibility index (Phi) is 3.54. The van der Waals surface area contributed by atoms with E-state index in [9.17, 15) is 9.59 Å². The van der Waals surface area contributed by atoms with Crippen LogP contribution in [0, 0.1) is 0 Å². The molecule has 0 atom stereocenters. The molecule has 106 valence electrons. The molecule has 0 aliphatic carbocycles. The number of hydrogen-bond donors (Lipinski definition) is 0. The Bertz CT molecular complexity index is 685. The van der Waals surface area contributed by atoms with Crippen molar-refractivity contribution < 1.29 is 4.79 Å². The molecule has 0 radical (unpaired) electrons. The van der Waals surface area contributed by atoms with Gasteiger partial charge >= 0.3 is 0 Å². The number of carbonyl (C=O) groups excluding carboxylic acids is 1.